The Bertz CT molecular complexity index is 1030. The molecule has 8 heteroatoms. The van der Waals surface area contributed by atoms with E-state index in [9.17, 15) is 4.79 Å². The van der Waals surface area contributed by atoms with Crippen LogP contribution in [0.3, 0.4) is 0 Å². The van der Waals surface area contributed by atoms with Crippen LogP contribution in [0.2, 0.25) is 0 Å². The molecule has 30 heavy (non-hydrogen) atoms. The molecule has 0 saturated heterocycles. The zero-order chi connectivity index (χ0) is 21.3. The molecule has 0 unspecified atom stereocenters. The molecule has 0 fully saturated rings. The van der Waals surface area contributed by atoms with Gasteiger partial charge in [-0.05, 0) is 50.8 Å². The molecular formula is C22H25N7O. The highest BCUT2D eigenvalue weighted by atomic mass is 16.1. The number of rotatable bonds is 8. The lowest BCUT2D eigenvalue weighted by Crippen LogP contribution is -2.13. The van der Waals surface area contributed by atoms with Crippen LogP contribution in [-0.4, -0.2) is 46.4 Å². The fourth-order valence-electron chi connectivity index (χ4n) is 2.61. The average molecular weight is 403 g/mol. The molecule has 0 aliphatic carbocycles. The second-order valence-corrected chi connectivity index (χ2v) is 6.97. The maximum Gasteiger partial charge on any atom is 0.249 e. The van der Waals surface area contributed by atoms with Crippen LogP contribution in [0.25, 0.3) is 0 Å². The zero-order valence-corrected chi connectivity index (χ0v) is 17.3. The molecule has 2 aromatic heterocycles. The van der Waals surface area contributed by atoms with Gasteiger partial charge in [0.15, 0.2) is 0 Å². The van der Waals surface area contributed by atoms with E-state index >= 15 is 0 Å². The minimum absolute atomic E-state index is 0.229. The molecule has 2 heterocycles. The highest BCUT2D eigenvalue weighted by Crippen LogP contribution is 2.19. The minimum atomic E-state index is -0.229. The minimum Gasteiger partial charge on any atom is -0.340 e. The molecule has 3 rings (SSSR count). The Balaban J connectivity index is 1.64. The summed E-state index contributed by atoms with van der Waals surface area (Å²) in [4.78, 5) is 26.9. The molecule has 3 aromatic rings. The number of aromatic nitrogens is 3. The predicted octanol–water partition coefficient (Wildman–Crippen LogP) is 3.72. The van der Waals surface area contributed by atoms with E-state index in [-0.39, 0.29) is 5.91 Å². The summed E-state index contributed by atoms with van der Waals surface area (Å²) in [7, 11) is 3.88. The van der Waals surface area contributed by atoms with Gasteiger partial charge < -0.3 is 20.9 Å². The van der Waals surface area contributed by atoms with Gasteiger partial charge in [-0.2, -0.15) is 0 Å². The first-order valence-corrected chi connectivity index (χ1v) is 9.50. The van der Waals surface area contributed by atoms with Gasteiger partial charge in [-0.3, -0.25) is 4.79 Å². The smallest absolute Gasteiger partial charge is 0.249 e. The molecular weight excluding hydrogens is 378 g/mol. The SMILES string of the molecule is Cc1cccc(Nc2cc(Nc3cccc(NC(=O)/C=C/CN(C)C)n3)ncn2)c1. The summed E-state index contributed by atoms with van der Waals surface area (Å²) in [5.41, 5.74) is 2.11. The number of nitrogens with one attached hydrogen (secondary N) is 3. The lowest BCUT2D eigenvalue weighted by molar-refractivity contribution is -0.111. The Hall–Kier alpha value is -3.78. The second-order valence-electron chi connectivity index (χ2n) is 6.97. The molecule has 0 bridgehead atoms. The van der Waals surface area contributed by atoms with Gasteiger partial charge in [0.25, 0.3) is 0 Å². The van der Waals surface area contributed by atoms with Gasteiger partial charge in [0.1, 0.15) is 29.6 Å². The molecule has 3 N–H and O–H groups in total. The number of nitrogens with zero attached hydrogens (tertiary/aromatic N) is 4. The third-order valence-electron chi connectivity index (χ3n) is 3.95. The second kappa shape index (κ2) is 10.1. The van der Waals surface area contributed by atoms with Crippen LogP contribution in [0.4, 0.5) is 29.0 Å². The van der Waals surface area contributed by atoms with Crippen molar-refractivity contribution in [3.63, 3.8) is 0 Å². The van der Waals surface area contributed by atoms with Gasteiger partial charge in [-0.1, -0.05) is 24.3 Å². The number of likely N-dealkylation sites (N-methyl/N-ethyl adjacent to an activating group) is 1. The predicted molar refractivity (Wildman–Crippen MR) is 120 cm³/mol. The van der Waals surface area contributed by atoms with Crippen molar-refractivity contribution >= 4 is 34.9 Å². The Labute approximate surface area is 176 Å². The maximum absolute atomic E-state index is 12.0. The largest absolute Gasteiger partial charge is 0.340 e. The van der Waals surface area contributed by atoms with Crippen molar-refractivity contribution < 1.29 is 4.79 Å². The van der Waals surface area contributed by atoms with E-state index in [2.05, 4.69) is 30.9 Å². The highest BCUT2D eigenvalue weighted by molar-refractivity contribution is 5.98. The first-order chi connectivity index (χ1) is 14.5. The third-order valence-corrected chi connectivity index (χ3v) is 3.95. The van der Waals surface area contributed by atoms with Crippen molar-refractivity contribution in [1.29, 1.82) is 0 Å². The quantitative estimate of drug-likeness (QED) is 0.493. The Morgan fingerprint density at radius 1 is 0.967 bits per heavy atom. The van der Waals surface area contributed by atoms with Crippen molar-refractivity contribution in [2.45, 2.75) is 6.92 Å². The van der Waals surface area contributed by atoms with Gasteiger partial charge in [-0.25, -0.2) is 15.0 Å². The van der Waals surface area contributed by atoms with Crippen LogP contribution >= 0.6 is 0 Å². The first kappa shape index (κ1) is 20.9. The lowest BCUT2D eigenvalue weighted by Gasteiger charge is -2.10. The lowest BCUT2D eigenvalue weighted by atomic mass is 10.2. The zero-order valence-electron chi connectivity index (χ0n) is 17.3. The fourth-order valence-corrected chi connectivity index (χ4v) is 2.61. The summed E-state index contributed by atoms with van der Waals surface area (Å²) in [6.07, 6.45) is 4.76. The van der Waals surface area contributed by atoms with Crippen molar-refractivity contribution in [3.05, 3.63) is 72.6 Å². The van der Waals surface area contributed by atoms with Gasteiger partial charge in [0, 0.05) is 24.4 Å². The monoisotopic (exact) mass is 403 g/mol. The van der Waals surface area contributed by atoms with Gasteiger partial charge >= 0.3 is 0 Å². The molecule has 0 atom stereocenters. The number of hydrogen-bond donors (Lipinski definition) is 3. The van der Waals surface area contributed by atoms with Gasteiger partial charge in [0.05, 0.1) is 0 Å². The van der Waals surface area contributed by atoms with Gasteiger partial charge in [-0.15, -0.1) is 0 Å². The van der Waals surface area contributed by atoms with Crippen molar-refractivity contribution in [2.24, 2.45) is 0 Å². The van der Waals surface area contributed by atoms with Crippen LogP contribution in [0.1, 0.15) is 5.56 Å². The number of carbonyl (C=O) groups excluding carboxylic acids is 1. The molecule has 8 nitrogen and oxygen atoms in total. The third kappa shape index (κ3) is 6.68. The number of hydrogen-bond acceptors (Lipinski definition) is 7. The van der Waals surface area contributed by atoms with Crippen molar-refractivity contribution in [2.75, 3.05) is 36.6 Å². The number of pyridine rings is 1. The average Bonchev–Trinajstić information content (AvgIpc) is 2.68. The van der Waals surface area contributed by atoms with Crippen molar-refractivity contribution in [3.8, 4) is 0 Å². The molecule has 0 saturated carbocycles. The number of amides is 1. The summed E-state index contributed by atoms with van der Waals surface area (Å²) < 4.78 is 0. The van der Waals surface area contributed by atoms with Crippen LogP contribution in [0.5, 0.6) is 0 Å². The number of benzene rings is 1. The summed E-state index contributed by atoms with van der Waals surface area (Å²) in [5, 5.41) is 9.14. The molecule has 0 radical (unpaired) electrons. The van der Waals surface area contributed by atoms with E-state index < -0.39 is 0 Å². The van der Waals surface area contributed by atoms with Gasteiger partial charge in [0.2, 0.25) is 5.91 Å². The van der Waals surface area contributed by atoms with E-state index in [1.807, 2.05) is 56.3 Å². The topological polar surface area (TPSA) is 95.1 Å². The molecule has 0 aliphatic rings. The molecule has 1 aromatic carbocycles. The van der Waals surface area contributed by atoms with E-state index in [1.54, 1.807) is 24.3 Å². The molecule has 154 valence electrons. The maximum atomic E-state index is 12.0. The molecule has 0 spiro atoms. The number of anilines is 5. The van der Waals surface area contributed by atoms with Crippen molar-refractivity contribution in [1.82, 2.24) is 19.9 Å². The summed E-state index contributed by atoms with van der Waals surface area (Å²) in [6.45, 7) is 2.72. The first-order valence-electron chi connectivity index (χ1n) is 9.50. The molecule has 0 aliphatic heterocycles. The summed E-state index contributed by atoms with van der Waals surface area (Å²) in [5.74, 6) is 2.03. The Morgan fingerprint density at radius 2 is 1.70 bits per heavy atom. The van der Waals surface area contributed by atoms with E-state index in [4.69, 9.17) is 0 Å². The molecule has 1 amide bonds. The van der Waals surface area contributed by atoms with E-state index in [0.29, 0.717) is 29.8 Å². The summed E-state index contributed by atoms with van der Waals surface area (Å²) >= 11 is 0. The standard InChI is InChI=1S/C22H25N7O/c1-16-7-4-8-17(13-16)25-20-14-21(24-15-23-20)27-18-9-5-10-19(26-18)28-22(30)11-6-12-29(2)3/h4-11,13-15H,12H2,1-3H3,(H3,23,24,25,26,27,28,30)/b11-6+. The number of carbonyl (C=O) groups is 1. The normalized spacial score (nSPS) is 10.9. The van der Waals surface area contributed by atoms with E-state index in [0.717, 1.165) is 11.3 Å². The fraction of sp³-hybridized carbons (Fsp3) is 0.182. The Kier molecular flexibility index (Phi) is 7.07. The van der Waals surface area contributed by atoms with Crippen LogP contribution in [0.15, 0.2) is 67.0 Å². The van der Waals surface area contributed by atoms with Crippen LogP contribution in [-0.2, 0) is 4.79 Å². The number of aryl methyl sites for hydroxylation is 1. The van der Waals surface area contributed by atoms with Crippen LogP contribution in [0, 0.1) is 6.92 Å². The summed E-state index contributed by atoms with van der Waals surface area (Å²) in [6, 6.07) is 15.2. The highest BCUT2D eigenvalue weighted by Gasteiger charge is 2.04. The van der Waals surface area contributed by atoms with Crippen LogP contribution < -0.4 is 16.0 Å². The van der Waals surface area contributed by atoms with E-state index in [1.165, 1.54) is 12.4 Å². The Morgan fingerprint density at radius 3 is 2.47 bits per heavy atom.